The van der Waals surface area contributed by atoms with E-state index < -0.39 is 24.6 Å². The summed E-state index contributed by atoms with van der Waals surface area (Å²) in [6, 6.07) is 5.67. The molecule has 0 aliphatic rings. The maximum atomic E-state index is 12.4. The number of nitrogens with one attached hydrogen (secondary N) is 1. The minimum absolute atomic E-state index is 0.00132. The molecule has 0 aromatic heterocycles. The number of aliphatic carboxylic acids is 1. The number of alkyl halides is 1. The van der Waals surface area contributed by atoms with Gasteiger partial charge in [-0.25, -0.2) is 9.18 Å². The maximum absolute atomic E-state index is 12.4. The molecule has 1 unspecified atom stereocenters. The molecule has 1 aromatic carbocycles. The van der Waals surface area contributed by atoms with E-state index in [9.17, 15) is 14.0 Å². The van der Waals surface area contributed by atoms with Crippen molar-refractivity contribution in [3.8, 4) is 0 Å². The summed E-state index contributed by atoms with van der Waals surface area (Å²) < 4.78 is 17.3. The Bertz CT molecular complexity index is 450. The first-order chi connectivity index (χ1) is 9.06. The van der Waals surface area contributed by atoms with Gasteiger partial charge in [-0.3, -0.25) is 4.79 Å². The molecule has 0 saturated carbocycles. The smallest absolute Gasteiger partial charge is 0.328 e. The van der Waals surface area contributed by atoms with Crippen molar-refractivity contribution in [2.45, 2.75) is 19.1 Å². The minimum Gasteiger partial charge on any atom is -0.480 e. The molecule has 0 fully saturated rings. The van der Waals surface area contributed by atoms with E-state index in [4.69, 9.17) is 9.84 Å². The van der Waals surface area contributed by atoms with Gasteiger partial charge >= 0.3 is 5.97 Å². The molecule has 1 amide bonds. The molecule has 1 atom stereocenters. The zero-order chi connectivity index (χ0) is 14.3. The predicted octanol–water partition coefficient (Wildman–Crippen LogP) is 0.914. The molecule has 104 valence electrons. The molecule has 0 bridgehead atoms. The molecule has 0 spiro atoms. The highest BCUT2D eigenvalue weighted by Gasteiger charge is 2.19. The Kier molecular flexibility index (Phi) is 5.95. The number of rotatable bonds is 7. The van der Waals surface area contributed by atoms with E-state index in [1.54, 1.807) is 25.3 Å². The van der Waals surface area contributed by atoms with Crippen LogP contribution in [0.1, 0.15) is 11.1 Å². The van der Waals surface area contributed by atoms with Crippen LogP contribution in [0, 0.1) is 0 Å². The predicted molar refractivity (Wildman–Crippen MR) is 66.4 cm³/mol. The highest BCUT2D eigenvalue weighted by Crippen LogP contribution is 2.07. The van der Waals surface area contributed by atoms with Crippen molar-refractivity contribution >= 4 is 11.9 Å². The summed E-state index contributed by atoms with van der Waals surface area (Å²) in [5.74, 6) is -1.91. The number of hydrogen-bond acceptors (Lipinski definition) is 3. The first kappa shape index (κ1) is 15.1. The third-order valence-electron chi connectivity index (χ3n) is 2.45. The Morgan fingerprint density at radius 3 is 2.68 bits per heavy atom. The number of benzene rings is 1. The molecule has 0 heterocycles. The molecule has 5 nitrogen and oxygen atoms in total. The number of hydrogen-bond donors (Lipinski definition) is 2. The average molecular weight is 269 g/mol. The number of carboxylic acid groups (broad SMARTS) is 1. The molecule has 0 radical (unpaired) electrons. The average Bonchev–Trinajstić information content (AvgIpc) is 2.36. The number of methoxy groups -OCH3 is 1. The monoisotopic (exact) mass is 269 g/mol. The van der Waals surface area contributed by atoms with Crippen molar-refractivity contribution in [1.29, 1.82) is 0 Å². The van der Waals surface area contributed by atoms with Crippen LogP contribution in [-0.2, 0) is 27.4 Å². The lowest BCUT2D eigenvalue weighted by Crippen LogP contribution is -2.43. The number of ether oxygens (including phenoxy) is 1. The van der Waals surface area contributed by atoms with Crippen molar-refractivity contribution in [3.63, 3.8) is 0 Å². The van der Waals surface area contributed by atoms with Gasteiger partial charge < -0.3 is 15.2 Å². The van der Waals surface area contributed by atoms with E-state index in [0.717, 1.165) is 11.1 Å². The van der Waals surface area contributed by atoms with Crippen LogP contribution in [-0.4, -0.2) is 36.8 Å². The molecular weight excluding hydrogens is 253 g/mol. The highest BCUT2D eigenvalue weighted by atomic mass is 19.1. The molecule has 6 heteroatoms. The van der Waals surface area contributed by atoms with E-state index in [0.29, 0.717) is 6.61 Å². The third-order valence-corrected chi connectivity index (χ3v) is 2.45. The minimum atomic E-state index is -1.49. The fraction of sp³-hybridized carbons (Fsp3) is 0.385. The van der Waals surface area contributed by atoms with E-state index in [1.165, 1.54) is 0 Å². The molecule has 1 rings (SSSR count). The Balaban J connectivity index is 2.61. The number of carboxylic acids is 1. The molecule has 19 heavy (non-hydrogen) atoms. The number of carbonyl (C=O) groups is 2. The normalized spacial score (nSPS) is 11.9. The summed E-state index contributed by atoms with van der Waals surface area (Å²) in [6.45, 7) is -0.706. The van der Waals surface area contributed by atoms with Crippen molar-refractivity contribution < 1.29 is 23.8 Å². The van der Waals surface area contributed by atoms with Crippen molar-refractivity contribution in [2.75, 3.05) is 13.8 Å². The number of amides is 1. The molecule has 0 saturated heterocycles. The second kappa shape index (κ2) is 7.48. The summed E-state index contributed by atoms with van der Waals surface area (Å²) in [5, 5.41) is 10.8. The zero-order valence-electron chi connectivity index (χ0n) is 10.6. The maximum Gasteiger partial charge on any atom is 0.328 e. The van der Waals surface area contributed by atoms with Crippen LogP contribution in [0.2, 0.25) is 0 Å². The van der Waals surface area contributed by atoms with Gasteiger partial charge in [0.25, 0.3) is 0 Å². The quantitative estimate of drug-likeness (QED) is 0.771. The van der Waals surface area contributed by atoms with E-state index in [2.05, 4.69) is 5.32 Å². The van der Waals surface area contributed by atoms with Gasteiger partial charge in [-0.1, -0.05) is 24.3 Å². The van der Waals surface area contributed by atoms with Gasteiger partial charge in [-0.15, -0.1) is 0 Å². The van der Waals surface area contributed by atoms with Crippen LogP contribution in [0.15, 0.2) is 24.3 Å². The Morgan fingerprint density at radius 2 is 2.11 bits per heavy atom. The number of halogens is 1. The van der Waals surface area contributed by atoms with Crippen LogP contribution in [0.4, 0.5) is 4.39 Å². The lowest BCUT2D eigenvalue weighted by molar-refractivity contribution is -0.142. The van der Waals surface area contributed by atoms with E-state index in [-0.39, 0.29) is 6.42 Å². The second-order valence-electron chi connectivity index (χ2n) is 4.04. The van der Waals surface area contributed by atoms with Gasteiger partial charge in [0.1, 0.15) is 6.67 Å². The Morgan fingerprint density at radius 1 is 1.42 bits per heavy atom. The van der Waals surface area contributed by atoms with Gasteiger partial charge in [0.2, 0.25) is 5.91 Å². The van der Waals surface area contributed by atoms with E-state index in [1.807, 2.05) is 6.07 Å². The summed E-state index contributed by atoms with van der Waals surface area (Å²) >= 11 is 0. The fourth-order valence-corrected chi connectivity index (χ4v) is 1.59. The van der Waals surface area contributed by atoms with Crippen molar-refractivity contribution in [2.24, 2.45) is 0 Å². The van der Waals surface area contributed by atoms with Gasteiger partial charge in [-0.05, 0) is 11.1 Å². The van der Waals surface area contributed by atoms with Crippen LogP contribution >= 0.6 is 0 Å². The summed E-state index contributed by atoms with van der Waals surface area (Å²) in [5.41, 5.74) is 1.63. The van der Waals surface area contributed by atoms with Gasteiger partial charge in [-0.2, -0.15) is 0 Å². The highest BCUT2D eigenvalue weighted by molar-refractivity contribution is 5.84. The van der Waals surface area contributed by atoms with Gasteiger partial charge in [0.05, 0.1) is 13.0 Å². The van der Waals surface area contributed by atoms with Crippen molar-refractivity contribution in [3.05, 3.63) is 35.4 Å². The molecule has 1 aromatic rings. The largest absolute Gasteiger partial charge is 0.480 e. The summed E-state index contributed by atoms with van der Waals surface area (Å²) in [4.78, 5) is 22.2. The molecular formula is C13H16FNO4. The molecule has 0 aliphatic heterocycles. The molecule has 0 aliphatic carbocycles. The summed E-state index contributed by atoms with van der Waals surface area (Å²) in [6.07, 6.45) is 0.00132. The lowest BCUT2D eigenvalue weighted by atomic mass is 10.1. The van der Waals surface area contributed by atoms with Crippen molar-refractivity contribution in [1.82, 2.24) is 5.32 Å². The topological polar surface area (TPSA) is 75.6 Å². The zero-order valence-corrected chi connectivity index (χ0v) is 10.6. The van der Waals surface area contributed by atoms with Crippen LogP contribution < -0.4 is 5.32 Å². The Hall–Kier alpha value is -1.95. The lowest BCUT2D eigenvalue weighted by Gasteiger charge is -2.11. The van der Waals surface area contributed by atoms with Gasteiger partial charge in [0.15, 0.2) is 6.04 Å². The standard InChI is InChI=1S/C13H16FNO4/c1-19-8-10-4-2-3-9(5-10)6-12(16)15-11(7-14)13(17)18/h2-5,11H,6-8H2,1H3,(H,15,16)(H,17,18). The van der Waals surface area contributed by atoms with Crippen LogP contribution in [0.5, 0.6) is 0 Å². The SMILES string of the molecule is COCc1cccc(CC(=O)NC(CF)C(=O)O)c1. The first-order valence-corrected chi connectivity index (χ1v) is 5.71. The van der Waals surface area contributed by atoms with Crippen LogP contribution in [0.25, 0.3) is 0 Å². The van der Waals surface area contributed by atoms with Gasteiger partial charge in [0, 0.05) is 7.11 Å². The third kappa shape index (κ3) is 5.05. The fourth-order valence-electron chi connectivity index (χ4n) is 1.59. The molecule has 2 N–H and O–H groups in total. The van der Waals surface area contributed by atoms with E-state index >= 15 is 0 Å². The first-order valence-electron chi connectivity index (χ1n) is 5.71. The second-order valence-corrected chi connectivity index (χ2v) is 4.04. The number of carbonyl (C=O) groups excluding carboxylic acids is 1. The Labute approximate surface area is 110 Å². The summed E-state index contributed by atoms with van der Waals surface area (Å²) in [7, 11) is 1.57. The van der Waals surface area contributed by atoms with Crippen LogP contribution in [0.3, 0.4) is 0 Å².